The average Bonchev–Trinajstić information content (AvgIpc) is 3.61. The Bertz CT molecular complexity index is 843. The number of rotatable bonds is 11. The fraction of sp³-hybridized carbons (Fsp3) is 0.583. The van der Waals surface area contributed by atoms with Gasteiger partial charge in [-0.15, -0.1) is 0 Å². The van der Waals surface area contributed by atoms with Crippen LogP contribution in [0.15, 0.2) is 40.1 Å². The zero-order chi connectivity index (χ0) is 22.9. The number of benzene rings is 1. The predicted octanol–water partition coefficient (Wildman–Crippen LogP) is 4.46. The van der Waals surface area contributed by atoms with Crippen LogP contribution in [0.3, 0.4) is 0 Å². The number of ether oxygens (including phenoxy) is 1. The molecule has 0 spiro atoms. The van der Waals surface area contributed by atoms with Gasteiger partial charge in [0.1, 0.15) is 11.5 Å². The molecular weight excluding hydrogens is 445 g/mol. The highest BCUT2D eigenvalue weighted by molar-refractivity contribution is 6.52. The van der Waals surface area contributed by atoms with Crippen molar-refractivity contribution in [3.05, 3.63) is 45.7 Å². The molecule has 1 saturated carbocycles. The lowest BCUT2D eigenvalue weighted by Crippen LogP contribution is -2.46. The molecule has 3 rings (SSSR count). The van der Waals surface area contributed by atoms with Gasteiger partial charge in [-0.3, -0.25) is 9.89 Å². The average molecular weight is 480 g/mol. The van der Waals surface area contributed by atoms with Crippen LogP contribution in [0.4, 0.5) is 0 Å². The summed E-state index contributed by atoms with van der Waals surface area (Å²) >= 11 is 12.6. The van der Waals surface area contributed by atoms with Gasteiger partial charge in [0.05, 0.1) is 10.0 Å². The van der Waals surface area contributed by atoms with Crippen LogP contribution >= 0.6 is 23.2 Å². The number of nitrogens with two attached hydrogens (primary N) is 1. The molecule has 0 atom stereocenters. The van der Waals surface area contributed by atoms with Crippen LogP contribution in [0.5, 0.6) is 0 Å². The molecular formula is C24H35Cl2N5O. The normalized spacial score (nSPS) is 19.0. The van der Waals surface area contributed by atoms with Crippen LogP contribution in [-0.2, 0) is 4.74 Å². The van der Waals surface area contributed by atoms with Crippen LogP contribution in [0.25, 0.3) is 0 Å². The maximum Gasteiger partial charge on any atom is 0.151 e. The van der Waals surface area contributed by atoms with Crippen LogP contribution in [-0.4, -0.2) is 74.3 Å². The summed E-state index contributed by atoms with van der Waals surface area (Å²) < 4.78 is 5.76. The first kappa shape index (κ1) is 25.0. The third-order valence-electron chi connectivity index (χ3n) is 5.80. The molecule has 2 N–H and O–H groups in total. The van der Waals surface area contributed by atoms with Gasteiger partial charge in [-0.1, -0.05) is 42.3 Å². The van der Waals surface area contributed by atoms with Crippen molar-refractivity contribution in [3.63, 3.8) is 0 Å². The van der Waals surface area contributed by atoms with E-state index in [-0.39, 0.29) is 0 Å². The molecule has 1 aromatic carbocycles. The highest BCUT2D eigenvalue weighted by Crippen LogP contribution is 2.29. The van der Waals surface area contributed by atoms with E-state index in [0.29, 0.717) is 27.2 Å². The molecule has 8 heteroatoms. The Morgan fingerprint density at radius 3 is 2.62 bits per heavy atom. The Labute approximate surface area is 202 Å². The molecule has 1 aromatic rings. The van der Waals surface area contributed by atoms with E-state index in [1.807, 2.05) is 12.1 Å². The molecule has 1 aliphatic heterocycles. The lowest BCUT2D eigenvalue weighted by atomic mass is 10.1. The second-order valence-corrected chi connectivity index (χ2v) is 9.13. The zero-order valence-corrected chi connectivity index (χ0v) is 20.7. The lowest BCUT2D eigenvalue weighted by molar-refractivity contribution is 0.101. The van der Waals surface area contributed by atoms with Gasteiger partial charge in [-0.2, -0.15) is 0 Å². The minimum absolute atomic E-state index is 0.339. The second-order valence-electron chi connectivity index (χ2n) is 8.34. The quantitative estimate of drug-likeness (QED) is 0.289. The van der Waals surface area contributed by atoms with E-state index in [1.165, 1.54) is 12.8 Å². The number of hydrogen-bond donors (Lipinski definition) is 1. The lowest BCUT2D eigenvalue weighted by Gasteiger charge is -2.36. The van der Waals surface area contributed by atoms with Crippen LogP contribution in [0.2, 0.25) is 10.0 Å². The Kier molecular flexibility index (Phi) is 9.85. The van der Waals surface area contributed by atoms with Gasteiger partial charge in [-0.05, 0) is 43.7 Å². The van der Waals surface area contributed by atoms with Crippen molar-refractivity contribution >= 4 is 34.7 Å². The van der Waals surface area contributed by atoms with Crippen LogP contribution in [0.1, 0.15) is 38.2 Å². The Morgan fingerprint density at radius 1 is 1.22 bits per heavy atom. The van der Waals surface area contributed by atoms with Gasteiger partial charge in [0.15, 0.2) is 5.84 Å². The maximum absolute atomic E-state index is 6.39. The SMILES string of the molecule is CC/C=C(/N=C(/N)C(=NC)c1cccc(Cl)c1Cl)N1CCN(CCCOCC2CC2)CC1. The number of allylic oxidation sites excluding steroid dienone is 1. The summed E-state index contributed by atoms with van der Waals surface area (Å²) in [7, 11) is 1.69. The molecule has 32 heavy (non-hydrogen) atoms. The minimum atomic E-state index is 0.339. The molecule has 0 amide bonds. The van der Waals surface area contributed by atoms with Gasteiger partial charge in [0, 0.05) is 58.5 Å². The van der Waals surface area contributed by atoms with Crippen LogP contribution < -0.4 is 5.73 Å². The number of piperazine rings is 1. The summed E-state index contributed by atoms with van der Waals surface area (Å²) in [4.78, 5) is 13.9. The molecule has 2 aliphatic rings. The third-order valence-corrected chi connectivity index (χ3v) is 6.62. The van der Waals surface area contributed by atoms with E-state index < -0.39 is 0 Å². The molecule has 0 bridgehead atoms. The van der Waals surface area contributed by atoms with E-state index in [0.717, 1.165) is 70.5 Å². The molecule has 1 heterocycles. The zero-order valence-electron chi connectivity index (χ0n) is 19.2. The molecule has 6 nitrogen and oxygen atoms in total. The van der Waals surface area contributed by atoms with E-state index in [4.69, 9.17) is 38.7 Å². The van der Waals surface area contributed by atoms with E-state index in [1.54, 1.807) is 13.1 Å². The molecule has 176 valence electrons. The number of nitrogens with zero attached hydrogens (tertiary/aromatic N) is 4. The summed E-state index contributed by atoms with van der Waals surface area (Å²) in [6.07, 6.45) is 6.77. The van der Waals surface area contributed by atoms with E-state index in [9.17, 15) is 0 Å². The summed E-state index contributed by atoms with van der Waals surface area (Å²) in [5, 5.41) is 0.903. The number of amidine groups is 1. The van der Waals surface area contributed by atoms with Crippen molar-refractivity contribution in [2.24, 2.45) is 21.6 Å². The second kappa shape index (κ2) is 12.6. The third kappa shape index (κ3) is 7.20. The summed E-state index contributed by atoms with van der Waals surface area (Å²) in [6.45, 7) is 8.85. The van der Waals surface area contributed by atoms with Crippen molar-refractivity contribution in [1.29, 1.82) is 0 Å². The standard InChI is InChI=1S/C24H35Cl2N5O/c1-3-6-21(29-24(27)23(28-2)19-7-4-8-20(25)22(19)26)31-14-12-30(13-15-31)11-5-16-32-17-18-9-10-18/h4,6-8,18H,3,5,9-17H2,1-2H3,(H2,27,29)/b21-6-,28-23?. The minimum Gasteiger partial charge on any atom is -0.382 e. The number of aliphatic imine (C=N–C) groups is 2. The Balaban J connectivity index is 1.57. The molecule has 0 aromatic heterocycles. The highest BCUT2D eigenvalue weighted by Gasteiger charge is 2.22. The van der Waals surface area contributed by atoms with Gasteiger partial charge in [0.25, 0.3) is 0 Å². The summed E-state index contributed by atoms with van der Waals surface area (Å²) in [5.74, 6) is 2.06. The fourth-order valence-corrected chi connectivity index (χ4v) is 4.18. The van der Waals surface area contributed by atoms with E-state index in [2.05, 4.69) is 27.8 Å². The van der Waals surface area contributed by atoms with Crippen molar-refractivity contribution in [2.75, 3.05) is 53.0 Å². The molecule has 0 radical (unpaired) electrons. The van der Waals surface area contributed by atoms with Gasteiger partial charge >= 0.3 is 0 Å². The van der Waals surface area contributed by atoms with Crippen molar-refractivity contribution < 1.29 is 4.74 Å². The Hall–Kier alpha value is -1.60. The summed E-state index contributed by atoms with van der Waals surface area (Å²) in [5.41, 5.74) is 7.62. The van der Waals surface area contributed by atoms with Gasteiger partial charge in [0.2, 0.25) is 0 Å². The first-order valence-electron chi connectivity index (χ1n) is 11.5. The summed E-state index contributed by atoms with van der Waals surface area (Å²) in [6, 6.07) is 5.44. The molecule has 1 aliphatic carbocycles. The van der Waals surface area contributed by atoms with Crippen molar-refractivity contribution in [2.45, 2.75) is 32.6 Å². The predicted molar refractivity (Wildman–Crippen MR) is 135 cm³/mol. The van der Waals surface area contributed by atoms with Gasteiger partial charge in [-0.25, -0.2) is 4.99 Å². The van der Waals surface area contributed by atoms with E-state index >= 15 is 0 Å². The first-order valence-corrected chi connectivity index (χ1v) is 12.3. The number of hydrogen-bond acceptors (Lipinski definition) is 5. The first-order chi connectivity index (χ1) is 15.5. The molecule has 0 unspecified atom stereocenters. The van der Waals surface area contributed by atoms with Crippen LogP contribution in [0, 0.1) is 5.92 Å². The molecule has 1 saturated heterocycles. The molecule has 2 fully saturated rings. The fourth-order valence-electron chi connectivity index (χ4n) is 3.79. The maximum atomic E-state index is 6.39. The monoisotopic (exact) mass is 479 g/mol. The smallest absolute Gasteiger partial charge is 0.151 e. The van der Waals surface area contributed by atoms with Crippen molar-refractivity contribution in [3.8, 4) is 0 Å². The van der Waals surface area contributed by atoms with Gasteiger partial charge < -0.3 is 15.4 Å². The number of halogens is 2. The van der Waals surface area contributed by atoms with Crippen molar-refractivity contribution in [1.82, 2.24) is 9.80 Å². The largest absolute Gasteiger partial charge is 0.382 e. The topological polar surface area (TPSA) is 66.5 Å². The highest BCUT2D eigenvalue weighted by atomic mass is 35.5. The Morgan fingerprint density at radius 2 is 1.97 bits per heavy atom.